The van der Waals surface area contributed by atoms with E-state index in [2.05, 4.69) is 15.3 Å². The third kappa shape index (κ3) is 11.9. The van der Waals surface area contributed by atoms with Crippen LogP contribution < -0.4 is 5.32 Å². The summed E-state index contributed by atoms with van der Waals surface area (Å²) in [6.07, 6.45) is -0.692. The number of nitrogens with one attached hydrogen (secondary N) is 3. The fourth-order valence-electron chi connectivity index (χ4n) is 9.31. The Kier molecular flexibility index (Phi) is 14.9. The number of aromatic nitrogens is 2. The van der Waals surface area contributed by atoms with Crippen LogP contribution in [0.5, 0.6) is 0 Å². The first-order chi connectivity index (χ1) is 30.9. The first-order valence-electron chi connectivity index (χ1n) is 22.7. The Morgan fingerprint density at radius 3 is 1.56 bits per heavy atom. The third-order valence-electron chi connectivity index (χ3n) is 11.9. The molecule has 15 nitrogen and oxygen atoms in total. The molecule has 4 aromatic rings. The predicted octanol–water partition coefficient (Wildman–Crippen LogP) is 7.81. The van der Waals surface area contributed by atoms with Crippen molar-refractivity contribution in [1.29, 1.82) is 0 Å². The van der Waals surface area contributed by atoms with E-state index in [1.807, 2.05) is 6.92 Å². The predicted molar refractivity (Wildman–Crippen MR) is 242 cm³/mol. The third-order valence-corrected chi connectivity index (χ3v) is 11.9. The molecule has 2 saturated heterocycles. The number of fused-ring (bicyclic) bond motifs is 2. The van der Waals surface area contributed by atoms with Crippen LogP contribution in [0, 0.1) is 17.6 Å². The van der Waals surface area contributed by atoms with Crippen LogP contribution in [-0.4, -0.2) is 110 Å². The highest BCUT2D eigenvalue weighted by Gasteiger charge is 2.43. The quantitative estimate of drug-likeness (QED) is 0.0832. The summed E-state index contributed by atoms with van der Waals surface area (Å²) in [4.78, 5) is 89.3. The Bertz CT molecular complexity index is 2310. The zero-order chi connectivity index (χ0) is 48.4. The number of carbonyl (C=O) groups excluding carboxylic acids is 6. The molecule has 2 aromatic heterocycles. The largest absolute Gasteiger partial charge is 0.461 e. The van der Waals surface area contributed by atoms with E-state index in [4.69, 9.17) is 18.9 Å². The number of H-pyrrole nitrogens is 2. The normalized spacial score (nSPS) is 19.8. The summed E-state index contributed by atoms with van der Waals surface area (Å²) in [6, 6.07) is 6.60. The van der Waals surface area contributed by atoms with Crippen molar-refractivity contribution in [1.82, 2.24) is 25.1 Å². The van der Waals surface area contributed by atoms with Gasteiger partial charge in [0.15, 0.2) is 0 Å². The molecule has 358 valence electrons. The lowest BCUT2D eigenvalue weighted by atomic mass is 9.94. The number of hydrogen-bond acceptors (Lipinski definition) is 10. The fourth-order valence-corrected chi connectivity index (χ4v) is 9.31. The number of rotatable bonds is 14. The van der Waals surface area contributed by atoms with Gasteiger partial charge in [0, 0.05) is 66.5 Å². The van der Waals surface area contributed by atoms with E-state index in [-0.39, 0.29) is 57.5 Å². The van der Waals surface area contributed by atoms with Crippen LogP contribution >= 0.6 is 0 Å². The van der Waals surface area contributed by atoms with E-state index in [1.165, 1.54) is 38.1 Å². The number of ether oxygens (including phenoxy) is 4. The van der Waals surface area contributed by atoms with E-state index < -0.39 is 89.0 Å². The zero-order valence-electron chi connectivity index (χ0n) is 39.5. The molecule has 0 saturated carbocycles. The number of alkyl carbamates (subject to hydrolysis) is 1. The van der Waals surface area contributed by atoms with Gasteiger partial charge in [-0.15, -0.1) is 0 Å². The summed E-state index contributed by atoms with van der Waals surface area (Å²) >= 11 is 0. The molecule has 6 rings (SSSR count). The summed E-state index contributed by atoms with van der Waals surface area (Å²) in [5, 5.41) is 3.99. The van der Waals surface area contributed by atoms with Crippen molar-refractivity contribution in [2.45, 2.75) is 156 Å². The second-order valence-corrected chi connectivity index (χ2v) is 19.5. The van der Waals surface area contributed by atoms with Gasteiger partial charge in [-0.05, 0) is 115 Å². The van der Waals surface area contributed by atoms with Crippen molar-refractivity contribution >= 4 is 57.6 Å². The molecule has 3 N–H and O–H groups in total. The SMILES string of the molecule is CC[C@H](CC(=O)OC(C)(C)C)C(=O)N1C[C@@H](OC(C)=O)CC1Cc1c(-c2[nH]c3cc(F)ccc3c2C[C@@H]2C[C@H](OC(C)=O)CN2C(=O)[C@H](CC)NC(=O)OC(C)(C)C)[nH]c2cc(F)ccc12. The van der Waals surface area contributed by atoms with E-state index in [1.54, 1.807) is 70.4 Å². The number of amides is 3. The highest BCUT2D eigenvalue weighted by Crippen LogP contribution is 2.40. The number of carbonyl (C=O) groups is 6. The monoisotopic (exact) mass is 919 g/mol. The number of likely N-dealkylation sites (tertiary alicyclic amines) is 2. The molecule has 0 aliphatic carbocycles. The zero-order valence-corrected chi connectivity index (χ0v) is 39.5. The van der Waals surface area contributed by atoms with Crippen molar-refractivity contribution in [2.75, 3.05) is 13.1 Å². The van der Waals surface area contributed by atoms with Gasteiger partial charge < -0.3 is 44.0 Å². The second-order valence-electron chi connectivity index (χ2n) is 19.5. The maximum absolute atomic E-state index is 15.0. The highest BCUT2D eigenvalue weighted by atomic mass is 19.1. The topological polar surface area (TPSA) is 189 Å². The minimum absolute atomic E-state index is 0.0561. The van der Waals surface area contributed by atoms with Gasteiger partial charge in [-0.1, -0.05) is 13.8 Å². The molecule has 17 heteroatoms. The van der Waals surface area contributed by atoms with Crippen LogP contribution in [0.3, 0.4) is 0 Å². The lowest BCUT2D eigenvalue weighted by Crippen LogP contribution is -2.51. The van der Waals surface area contributed by atoms with Gasteiger partial charge in [0.25, 0.3) is 0 Å². The number of aromatic amines is 2. The second kappa shape index (κ2) is 19.8. The fraction of sp³-hybridized carbons (Fsp3) is 0.551. The van der Waals surface area contributed by atoms with Crippen molar-refractivity contribution in [3.8, 4) is 11.4 Å². The summed E-state index contributed by atoms with van der Waals surface area (Å²) in [5.74, 6) is -3.94. The maximum atomic E-state index is 15.0. The van der Waals surface area contributed by atoms with Gasteiger partial charge in [0.05, 0.1) is 30.9 Å². The Hall–Kier alpha value is -6.00. The molecule has 4 heterocycles. The molecule has 6 atom stereocenters. The molecule has 0 bridgehead atoms. The lowest BCUT2D eigenvalue weighted by Gasteiger charge is -2.30. The molecule has 2 aliphatic rings. The highest BCUT2D eigenvalue weighted by molar-refractivity contribution is 5.96. The van der Waals surface area contributed by atoms with E-state index in [9.17, 15) is 28.8 Å². The molecule has 0 radical (unpaired) electrons. The van der Waals surface area contributed by atoms with Crippen LogP contribution in [0.25, 0.3) is 33.2 Å². The van der Waals surface area contributed by atoms with E-state index in [0.717, 1.165) is 0 Å². The smallest absolute Gasteiger partial charge is 0.408 e. The van der Waals surface area contributed by atoms with Gasteiger partial charge in [-0.25, -0.2) is 13.6 Å². The minimum Gasteiger partial charge on any atom is -0.461 e. The summed E-state index contributed by atoms with van der Waals surface area (Å²) in [7, 11) is 0. The van der Waals surface area contributed by atoms with Gasteiger partial charge in [-0.2, -0.15) is 0 Å². The molecular formula is C49H63F2N5O10. The van der Waals surface area contributed by atoms with Gasteiger partial charge in [-0.3, -0.25) is 24.0 Å². The van der Waals surface area contributed by atoms with E-state index in [0.29, 0.717) is 50.7 Å². The van der Waals surface area contributed by atoms with Crippen LogP contribution in [0.15, 0.2) is 36.4 Å². The Balaban J connectivity index is 1.43. The molecule has 66 heavy (non-hydrogen) atoms. The molecule has 2 aromatic carbocycles. The average molecular weight is 920 g/mol. The van der Waals surface area contributed by atoms with Gasteiger partial charge >= 0.3 is 24.0 Å². The Labute approximate surface area is 383 Å². The van der Waals surface area contributed by atoms with Gasteiger partial charge in [0.2, 0.25) is 11.8 Å². The molecule has 2 aliphatic heterocycles. The van der Waals surface area contributed by atoms with Crippen molar-refractivity contribution in [2.24, 2.45) is 5.92 Å². The number of esters is 3. The van der Waals surface area contributed by atoms with Crippen LogP contribution in [0.2, 0.25) is 0 Å². The van der Waals surface area contributed by atoms with Crippen molar-refractivity contribution in [3.05, 3.63) is 59.2 Å². The van der Waals surface area contributed by atoms with Gasteiger partial charge in [0.1, 0.15) is 41.1 Å². The van der Waals surface area contributed by atoms with Crippen LogP contribution in [0.4, 0.5) is 13.6 Å². The number of hydrogen-bond donors (Lipinski definition) is 3. The minimum atomic E-state index is -0.963. The first kappa shape index (κ1) is 49.4. The van der Waals surface area contributed by atoms with E-state index >= 15 is 8.78 Å². The number of benzene rings is 2. The summed E-state index contributed by atoms with van der Waals surface area (Å²) in [6.45, 7) is 16.7. The van der Waals surface area contributed by atoms with Crippen LogP contribution in [0.1, 0.15) is 112 Å². The lowest BCUT2D eigenvalue weighted by molar-refractivity contribution is -0.158. The molecule has 3 amide bonds. The Morgan fingerprint density at radius 2 is 1.15 bits per heavy atom. The molecule has 1 unspecified atom stereocenters. The molecule has 2 fully saturated rings. The molecule has 0 spiro atoms. The summed E-state index contributed by atoms with van der Waals surface area (Å²) in [5.41, 5.74) is 1.75. The van der Waals surface area contributed by atoms with Crippen molar-refractivity contribution < 1.29 is 56.5 Å². The number of halogens is 2. The molecular weight excluding hydrogens is 857 g/mol. The standard InChI is InChI=1S/C49H63F2N5O10/c1-11-28(17-42(59)65-48(5,6)7)45(60)55-24-33(63-26(3)57)20-31(55)22-37-35-15-13-29(50)18-40(35)52-43(37)44-38(36-16-14-30(51)19-41(36)53-44)23-32-21-34(64-27(4)58)25-56(32)46(61)39(12-2)54-47(62)66-49(8,9)10/h13-16,18-19,28,31-34,39,52-53H,11-12,17,20-25H2,1-10H3,(H,54,62)/t28-,31?,32+,33+,34+,39+/m1/s1. The number of nitrogens with zero attached hydrogens (tertiary/aromatic N) is 2. The maximum Gasteiger partial charge on any atom is 0.408 e. The first-order valence-corrected chi connectivity index (χ1v) is 22.7. The Morgan fingerprint density at radius 1 is 0.697 bits per heavy atom. The summed E-state index contributed by atoms with van der Waals surface area (Å²) < 4.78 is 52.4. The van der Waals surface area contributed by atoms with Crippen molar-refractivity contribution in [3.63, 3.8) is 0 Å². The average Bonchev–Trinajstić information content (AvgIpc) is 3.96. The van der Waals surface area contributed by atoms with Crippen LogP contribution in [-0.2, 0) is 55.8 Å².